The molecule has 0 unspecified atom stereocenters. The van der Waals surface area contributed by atoms with Crippen molar-refractivity contribution in [2.45, 2.75) is 52.2 Å². The molecule has 1 aromatic rings. The van der Waals surface area contributed by atoms with Crippen molar-refractivity contribution in [2.24, 2.45) is 0 Å². The summed E-state index contributed by atoms with van der Waals surface area (Å²) < 4.78 is 6.71. The molecule has 5 heteroatoms. The molecular weight excluding hydrogens is 258 g/mol. The minimum absolute atomic E-state index is 0.331. The van der Waals surface area contributed by atoms with Crippen LogP contribution >= 0.6 is 12.2 Å². The third-order valence-corrected chi connectivity index (χ3v) is 4.29. The first kappa shape index (κ1) is 14.6. The van der Waals surface area contributed by atoms with Gasteiger partial charge < -0.3 is 15.0 Å². The lowest BCUT2D eigenvalue weighted by atomic mass is 9.95. The maximum atomic E-state index is 6.00. The third-order valence-electron chi connectivity index (χ3n) is 3.95. The number of rotatable bonds is 5. The average Bonchev–Trinajstić information content (AvgIpc) is 2.45. The molecule has 0 radical (unpaired) electrons. The van der Waals surface area contributed by atoms with Gasteiger partial charge in [0.05, 0.1) is 0 Å². The second-order valence-corrected chi connectivity index (χ2v) is 5.30. The summed E-state index contributed by atoms with van der Waals surface area (Å²) in [6.07, 6.45) is 2.77. The van der Waals surface area contributed by atoms with E-state index in [0.29, 0.717) is 11.2 Å². The van der Waals surface area contributed by atoms with Crippen molar-refractivity contribution in [1.29, 1.82) is 0 Å². The molecule has 2 heterocycles. The van der Waals surface area contributed by atoms with Gasteiger partial charge in [-0.25, -0.2) is 4.98 Å². The Morgan fingerprint density at radius 1 is 1.32 bits per heavy atom. The zero-order valence-electron chi connectivity index (χ0n) is 12.0. The van der Waals surface area contributed by atoms with E-state index in [1.165, 1.54) is 5.69 Å². The number of H-pyrrole nitrogens is 1. The molecule has 0 fully saturated rings. The summed E-state index contributed by atoms with van der Waals surface area (Å²) in [6.45, 7) is 8.79. The van der Waals surface area contributed by atoms with Gasteiger partial charge in [0, 0.05) is 37.4 Å². The van der Waals surface area contributed by atoms with Crippen LogP contribution in [-0.4, -0.2) is 23.1 Å². The van der Waals surface area contributed by atoms with Crippen molar-refractivity contribution in [3.05, 3.63) is 21.7 Å². The maximum Gasteiger partial charge on any atom is 0.140 e. The predicted molar refractivity (Wildman–Crippen MR) is 78.7 cm³/mol. The van der Waals surface area contributed by atoms with E-state index in [9.17, 15) is 0 Å². The van der Waals surface area contributed by atoms with Crippen LogP contribution in [0, 0.1) is 4.64 Å². The highest BCUT2D eigenvalue weighted by molar-refractivity contribution is 7.71. The van der Waals surface area contributed by atoms with Gasteiger partial charge >= 0.3 is 0 Å². The van der Waals surface area contributed by atoms with Crippen LogP contribution in [0.15, 0.2) is 0 Å². The first-order valence-electron chi connectivity index (χ1n) is 7.14. The van der Waals surface area contributed by atoms with E-state index >= 15 is 0 Å². The molecule has 1 aliphatic rings. The largest absolute Gasteiger partial charge is 0.367 e. The highest BCUT2D eigenvalue weighted by atomic mass is 32.1. The summed E-state index contributed by atoms with van der Waals surface area (Å²) in [5.74, 6) is 0.894. The van der Waals surface area contributed by atoms with Crippen molar-refractivity contribution >= 4 is 12.2 Å². The van der Waals surface area contributed by atoms with E-state index < -0.39 is 0 Å². The Bertz CT molecular complexity index is 494. The van der Waals surface area contributed by atoms with Gasteiger partial charge in [0.2, 0.25) is 0 Å². The van der Waals surface area contributed by atoms with Crippen LogP contribution in [0.5, 0.6) is 0 Å². The monoisotopic (exact) mass is 281 g/mol. The molecule has 106 valence electrons. The van der Waals surface area contributed by atoms with Crippen molar-refractivity contribution < 1.29 is 4.74 Å². The van der Waals surface area contributed by atoms with E-state index in [1.54, 1.807) is 0 Å². The van der Waals surface area contributed by atoms with Gasteiger partial charge in [-0.15, -0.1) is 0 Å². The molecule has 0 bridgehead atoms. The van der Waals surface area contributed by atoms with Crippen LogP contribution in [-0.2, 0) is 23.3 Å². The van der Waals surface area contributed by atoms with E-state index in [0.717, 1.165) is 43.7 Å². The summed E-state index contributed by atoms with van der Waals surface area (Å²) in [4.78, 5) is 8.10. The van der Waals surface area contributed by atoms with E-state index in [-0.39, 0.29) is 5.60 Å². The van der Waals surface area contributed by atoms with Crippen molar-refractivity contribution in [2.75, 3.05) is 13.2 Å². The van der Waals surface area contributed by atoms with Gasteiger partial charge in [0.25, 0.3) is 0 Å². The van der Waals surface area contributed by atoms with Gasteiger partial charge in [-0.2, -0.15) is 0 Å². The second kappa shape index (κ2) is 6.11. The standard InChI is InChI=1S/C14H23N3OS/c1-4-14(5-2,18-6-3)13-16-11-7-8-15-9-10(11)12(19)17-13/h15H,4-9H2,1-3H3,(H,16,17,19). The van der Waals surface area contributed by atoms with E-state index in [4.69, 9.17) is 17.0 Å². The highest BCUT2D eigenvalue weighted by Crippen LogP contribution is 2.31. The van der Waals surface area contributed by atoms with Crippen molar-refractivity contribution in [3.63, 3.8) is 0 Å². The molecule has 2 rings (SSSR count). The number of nitrogens with zero attached hydrogens (tertiary/aromatic N) is 1. The number of ether oxygens (including phenoxy) is 1. The first-order chi connectivity index (χ1) is 9.16. The predicted octanol–water partition coefficient (Wildman–Crippen LogP) is 2.84. The fraction of sp³-hybridized carbons (Fsp3) is 0.714. The van der Waals surface area contributed by atoms with Gasteiger partial charge in [0.1, 0.15) is 16.1 Å². The van der Waals surface area contributed by atoms with Crippen LogP contribution in [0.3, 0.4) is 0 Å². The van der Waals surface area contributed by atoms with Crippen LogP contribution in [0.1, 0.15) is 50.7 Å². The Balaban J connectivity index is 2.49. The Hall–Kier alpha value is -0.780. The van der Waals surface area contributed by atoms with Crippen molar-refractivity contribution in [1.82, 2.24) is 15.3 Å². The molecule has 19 heavy (non-hydrogen) atoms. The number of fused-ring (bicyclic) bond motifs is 1. The SMILES string of the molecule is CCOC(CC)(CC)c1nc(=S)c2c([nH]1)CCNC2. The molecule has 0 spiro atoms. The van der Waals surface area contributed by atoms with Gasteiger partial charge in [0.15, 0.2) is 0 Å². The Labute approximate surface area is 120 Å². The van der Waals surface area contributed by atoms with Gasteiger partial charge in [-0.3, -0.25) is 0 Å². The molecular formula is C14H23N3OS. The summed E-state index contributed by atoms with van der Waals surface area (Å²) in [6, 6.07) is 0. The number of hydrogen-bond donors (Lipinski definition) is 2. The summed E-state index contributed by atoms with van der Waals surface area (Å²) in [5, 5.41) is 3.34. The zero-order chi connectivity index (χ0) is 13.9. The molecule has 0 saturated heterocycles. The molecule has 0 aliphatic carbocycles. The fourth-order valence-corrected chi connectivity index (χ4v) is 3.00. The van der Waals surface area contributed by atoms with E-state index in [2.05, 4.69) is 29.1 Å². The smallest absolute Gasteiger partial charge is 0.140 e. The minimum atomic E-state index is -0.331. The lowest BCUT2D eigenvalue weighted by Crippen LogP contribution is -2.33. The molecule has 1 aromatic heterocycles. The molecule has 0 saturated carbocycles. The summed E-state index contributed by atoms with van der Waals surface area (Å²) in [5.41, 5.74) is 2.03. The highest BCUT2D eigenvalue weighted by Gasteiger charge is 2.32. The molecule has 4 nitrogen and oxygen atoms in total. The van der Waals surface area contributed by atoms with Crippen LogP contribution in [0.2, 0.25) is 0 Å². The Morgan fingerprint density at radius 2 is 2.05 bits per heavy atom. The first-order valence-corrected chi connectivity index (χ1v) is 7.55. The van der Waals surface area contributed by atoms with Crippen LogP contribution < -0.4 is 5.32 Å². The number of aromatic nitrogens is 2. The topological polar surface area (TPSA) is 49.9 Å². The number of hydrogen-bond acceptors (Lipinski definition) is 4. The summed E-state index contributed by atoms with van der Waals surface area (Å²) in [7, 11) is 0. The number of nitrogens with one attached hydrogen (secondary N) is 2. The van der Waals surface area contributed by atoms with Crippen molar-refractivity contribution in [3.8, 4) is 0 Å². The summed E-state index contributed by atoms with van der Waals surface area (Å²) >= 11 is 5.45. The molecule has 1 aliphatic heterocycles. The minimum Gasteiger partial charge on any atom is -0.367 e. The Kier molecular flexibility index (Phi) is 4.71. The van der Waals surface area contributed by atoms with Gasteiger partial charge in [-0.1, -0.05) is 26.1 Å². The quantitative estimate of drug-likeness (QED) is 0.815. The third kappa shape index (κ3) is 2.73. The van der Waals surface area contributed by atoms with Gasteiger partial charge in [-0.05, 0) is 19.8 Å². The molecule has 0 aromatic carbocycles. The average molecular weight is 281 g/mol. The van der Waals surface area contributed by atoms with E-state index in [1.807, 2.05) is 6.92 Å². The molecule has 0 amide bonds. The lowest BCUT2D eigenvalue weighted by Gasteiger charge is -2.31. The molecule has 0 atom stereocenters. The van der Waals surface area contributed by atoms with Crippen LogP contribution in [0.25, 0.3) is 0 Å². The normalized spacial score (nSPS) is 15.3. The number of aromatic amines is 1. The second-order valence-electron chi connectivity index (χ2n) is 4.91. The zero-order valence-corrected chi connectivity index (χ0v) is 12.8. The van der Waals surface area contributed by atoms with Crippen LogP contribution in [0.4, 0.5) is 0 Å². The fourth-order valence-electron chi connectivity index (χ4n) is 2.72. The molecule has 2 N–H and O–H groups in total. The maximum absolute atomic E-state index is 6.00. The lowest BCUT2D eigenvalue weighted by molar-refractivity contribution is -0.0574. The Morgan fingerprint density at radius 3 is 2.68 bits per heavy atom.